The first-order valence-corrected chi connectivity index (χ1v) is 10.6. The van der Waals surface area contributed by atoms with Gasteiger partial charge in [0.1, 0.15) is 0 Å². The lowest BCUT2D eigenvalue weighted by molar-refractivity contribution is 0.378. The highest BCUT2D eigenvalue weighted by Crippen LogP contribution is 2.18. The molecule has 0 atom stereocenters. The van der Waals surface area contributed by atoms with Crippen molar-refractivity contribution in [3.63, 3.8) is 0 Å². The van der Waals surface area contributed by atoms with Gasteiger partial charge in [-0.2, -0.15) is 16.7 Å². The van der Waals surface area contributed by atoms with E-state index in [4.69, 9.17) is 16.1 Å². The number of nitrogens with one attached hydrogen (secondary N) is 2. The zero-order chi connectivity index (χ0) is 18.6. The molecule has 6 nitrogen and oxygen atoms in total. The summed E-state index contributed by atoms with van der Waals surface area (Å²) >= 11 is 7.77. The highest BCUT2D eigenvalue weighted by molar-refractivity contribution is 14.0. The number of thioether (sulfide) groups is 1. The van der Waals surface area contributed by atoms with Gasteiger partial charge in [0.05, 0.1) is 0 Å². The average molecular weight is 524 g/mol. The van der Waals surface area contributed by atoms with E-state index in [1.807, 2.05) is 36.0 Å². The third kappa shape index (κ3) is 9.16. The Bertz CT molecular complexity index is 681. The van der Waals surface area contributed by atoms with Gasteiger partial charge < -0.3 is 15.2 Å². The molecule has 0 saturated carbocycles. The first-order chi connectivity index (χ1) is 12.7. The Labute approximate surface area is 187 Å². The first kappa shape index (κ1) is 24.0. The molecule has 2 N–H and O–H groups in total. The van der Waals surface area contributed by atoms with Crippen LogP contribution in [-0.4, -0.2) is 47.7 Å². The average Bonchev–Trinajstić information content (AvgIpc) is 3.11. The van der Waals surface area contributed by atoms with Crippen LogP contribution in [0.1, 0.15) is 25.7 Å². The molecule has 1 heterocycles. The minimum atomic E-state index is 0. The van der Waals surface area contributed by atoms with Crippen LogP contribution in [0.5, 0.6) is 0 Å². The fourth-order valence-electron chi connectivity index (χ4n) is 2.25. The van der Waals surface area contributed by atoms with Gasteiger partial charge in [0, 0.05) is 36.6 Å². The van der Waals surface area contributed by atoms with Crippen molar-refractivity contribution in [2.75, 3.05) is 31.6 Å². The third-order valence-corrected chi connectivity index (χ3v) is 4.52. The van der Waals surface area contributed by atoms with Gasteiger partial charge in [-0.15, -0.1) is 24.0 Å². The summed E-state index contributed by atoms with van der Waals surface area (Å²) in [6, 6.07) is 7.38. The lowest BCUT2D eigenvalue weighted by atomic mass is 10.2. The maximum absolute atomic E-state index is 5.90. The normalized spacial score (nSPS) is 11.1. The summed E-state index contributed by atoms with van der Waals surface area (Å²) in [5.41, 5.74) is 0.887. The van der Waals surface area contributed by atoms with Crippen LogP contribution in [0.25, 0.3) is 11.4 Å². The van der Waals surface area contributed by atoms with Crippen LogP contribution in [0, 0.1) is 0 Å². The van der Waals surface area contributed by atoms with Gasteiger partial charge in [0.2, 0.25) is 11.7 Å². The molecule has 0 fully saturated rings. The molecule has 0 amide bonds. The van der Waals surface area contributed by atoms with Crippen LogP contribution in [0.2, 0.25) is 5.02 Å². The standard InChI is InChI=1S/C18H26ClN5OS.HI/c1-3-20-18(21-11-4-5-13-26-2)22-12-10-16-23-17(24-25-16)14-6-8-15(19)9-7-14;/h6-9H,3-5,10-13H2,1-2H3,(H2,20,21,22);1H. The number of guanidine groups is 1. The van der Waals surface area contributed by atoms with Crippen molar-refractivity contribution in [3.05, 3.63) is 35.2 Å². The van der Waals surface area contributed by atoms with Gasteiger partial charge in [0.25, 0.3) is 0 Å². The van der Waals surface area contributed by atoms with Gasteiger partial charge in [-0.25, -0.2) is 0 Å². The van der Waals surface area contributed by atoms with Crippen molar-refractivity contribution in [2.24, 2.45) is 4.99 Å². The van der Waals surface area contributed by atoms with E-state index in [1.54, 1.807) is 0 Å². The molecule has 150 valence electrons. The molecule has 0 unspecified atom stereocenters. The van der Waals surface area contributed by atoms with Gasteiger partial charge >= 0.3 is 0 Å². The summed E-state index contributed by atoms with van der Waals surface area (Å²) in [5.74, 6) is 3.19. The van der Waals surface area contributed by atoms with Gasteiger partial charge in [-0.3, -0.25) is 4.99 Å². The molecule has 0 aliphatic rings. The summed E-state index contributed by atoms with van der Waals surface area (Å²) in [5, 5.41) is 11.3. The summed E-state index contributed by atoms with van der Waals surface area (Å²) in [6.07, 6.45) is 5.06. The number of hydrogen-bond acceptors (Lipinski definition) is 5. The van der Waals surface area contributed by atoms with Crippen molar-refractivity contribution < 1.29 is 4.52 Å². The molecule has 2 aromatic rings. The largest absolute Gasteiger partial charge is 0.357 e. The Hall–Kier alpha value is -1.000. The Balaban J connectivity index is 0.00000364. The van der Waals surface area contributed by atoms with Crippen LogP contribution in [-0.2, 0) is 6.42 Å². The number of halogens is 2. The molecule has 0 bridgehead atoms. The summed E-state index contributed by atoms with van der Waals surface area (Å²) in [7, 11) is 0. The Morgan fingerprint density at radius 1 is 1.22 bits per heavy atom. The van der Waals surface area contributed by atoms with Crippen molar-refractivity contribution in [2.45, 2.75) is 26.2 Å². The Kier molecular flexibility index (Phi) is 12.5. The van der Waals surface area contributed by atoms with Crippen LogP contribution >= 0.6 is 47.3 Å². The van der Waals surface area contributed by atoms with E-state index in [2.05, 4.69) is 38.9 Å². The van der Waals surface area contributed by atoms with Crippen LogP contribution in [0.15, 0.2) is 33.8 Å². The van der Waals surface area contributed by atoms with E-state index in [0.717, 1.165) is 31.0 Å². The maximum atomic E-state index is 5.90. The summed E-state index contributed by atoms with van der Waals surface area (Å²) in [6.45, 7) is 4.40. The molecule has 0 aliphatic heterocycles. The minimum absolute atomic E-state index is 0. The van der Waals surface area contributed by atoms with Gasteiger partial charge in [0.15, 0.2) is 5.96 Å². The van der Waals surface area contributed by atoms with E-state index in [9.17, 15) is 0 Å². The monoisotopic (exact) mass is 523 g/mol. The molecular formula is C18H27ClIN5OS. The second-order valence-corrected chi connectivity index (χ2v) is 7.08. The van der Waals surface area contributed by atoms with E-state index in [-0.39, 0.29) is 24.0 Å². The summed E-state index contributed by atoms with van der Waals surface area (Å²) < 4.78 is 5.32. The van der Waals surface area contributed by atoms with Crippen molar-refractivity contribution >= 4 is 53.3 Å². The SMILES string of the molecule is CCNC(=NCCCCSC)NCCc1nc(-c2ccc(Cl)cc2)no1.I. The zero-order valence-electron chi connectivity index (χ0n) is 15.7. The number of aliphatic imine (C=N–C) groups is 1. The quantitative estimate of drug-likeness (QED) is 0.210. The number of benzene rings is 1. The number of rotatable bonds is 10. The molecule has 9 heteroatoms. The first-order valence-electron chi connectivity index (χ1n) is 8.82. The molecule has 0 spiro atoms. The second-order valence-electron chi connectivity index (χ2n) is 5.66. The molecule has 1 aromatic carbocycles. The molecule has 0 saturated heterocycles. The van der Waals surface area contributed by atoms with E-state index >= 15 is 0 Å². The topological polar surface area (TPSA) is 75.3 Å². The number of aromatic nitrogens is 2. The highest BCUT2D eigenvalue weighted by Gasteiger charge is 2.08. The van der Waals surface area contributed by atoms with E-state index in [0.29, 0.717) is 29.7 Å². The zero-order valence-corrected chi connectivity index (χ0v) is 19.6. The van der Waals surface area contributed by atoms with Crippen LogP contribution in [0.3, 0.4) is 0 Å². The molecule has 0 radical (unpaired) electrons. The number of unbranched alkanes of at least 4 members (excludes halogenated alkanes) is 1. The lowest BCUT2D eigenvalue weighted by Gasteiger charge is -2.10. The Morgan fingerprint density at radius 2 is 2.00 bits per heavy atom. The van der Waals surface area contributed by atoms with Gasteiger partial charge in [-0.1, -0.05) is 16.8 Å². The minimum Gasteiger partial charge on any atom is -0.357 e. The van der Waals surface area contributed by atoms with E-state index in [1.165, 1.54) is 12.2 Å². The lowest BCUT2D eigenvalue weighted by Crippen LogP contribution is -2.38. The van der Waals surface area contributed by atoms with E-state index < -0.39 is 0 Å². The summed E-state index contributed by atoms with van der Waals surface area (Å²) in [4.78, 5) is 9.01. The van der Waals surface area contributed by atoms with Gasteiger partial charge in [-0.05, 0) is 56.0 Å². The highest BCUT2D eigenvalue weighted by atomic mass is 127. The molecule has 0 aliphatic carbocycles. The fourth-order valence-corrected chi connectivity index (χ4v) is 2.87. The van der Waals surface area contributed by atoms with Crippen molar-refractivity contribution in [3.8, 4) is 11.4 Å². The molecule has 2 rings (SSSR count). The van der Waals surface area contributed by atoms with Crippen LogP contribution in [0.4, 0.5) is 0 Å². The van der Waals surface area contributed by atoms with Crippen LogP contribution < -0.4 is 10.6 Å². The number of nitrogens with zero attached hydrogens (tertiary/aromatic N) is 3. The second kappa shape index (κ2) is 14.1. The fraction of sp³-hybridized carbons (Fsp3) is 0.500. The molecular weight excluding hydrogens is 497 g/mol. The smallest absolute Gasteiger partial charge is 0.228 e. The predicted octanol–water partition coefficient (Wildman–Crippen LogP) is 4.25. The molecule has 27 heavy (non-hydrogen) atoms. The predicted molar refractivity (Wildman–Crippen MR) is 125 cm³/mol. The van der Waals surface area contributed by atoms with Crippen molar-refractivity contribution in [1.29, 1.82) is 0 Å². The maximum Gasteiger partial charge on any atom is 0.228 e. The molecule has 1 aromatic heterocycles. The third-order valence-electron chi connectivity index (χ3n) is 3.57. The Morgan fingerprint density at radius 3 is 2.70 bits per heavy atom. The van der Waals surface area contributed by atoms with Crippen molar-refractivity contribution in [1.82, 2.24) is 20.8 Å². The number of hydrogen-bond donors (Lipinski definition) is 2.